The second kappa shape index (κ2) is 4.42. The van der Waals surface area contributed by atoms with Crippen molar-refractivity contribution in [3.8, 4) is 11.1 Å². The Bertz CT molecular complexity index is 836. The van der Waals surface area contributed by atoms with Gasteiger partial charge in [-0.05, 0) is 24.3 Å². The molecule has 2 aromatic carbocycles. The van der Waals surface area contributed by atoms with E-state index in [-0.39, 0.29) is 0 Å². The predicted molar refractivity (Wildman–Crippen MR) is 82.5 cm³/mol. The summed E-state index contributed by atoms with van der Waals surface area (Å²) >= 11 is 0. The summed E-state index contributed by atoms with van der Waals surface area (Å²) < 4.78 is 0. The van der Waals surface area contributed by atoms with Gasteiger partial charge in [-0.3, -0.25) is 9.97 Å². The van der Waals surface area contributed by atoms with Crippen LogP contribution in [0.2, 0.25) is 0 Å². The standard InChI is InChI=1S/C18H12N2/c1-3-7-17-13(5-1)9-15(11-19-17)16-10-14-6-2-4-8-18(14)20-12-16/h1-12H. The first kappa shape index (κ1) is 11.1. The maximum absolute atomic E-state index is 4.51. The highest BCUT2D eigenvalue weighted by Gasteiger charge is 2.02. The number of hydrogen-bond acceptors (Lipinski definition) is 2. The normalized spacial score (nSPS) is 11.0. The number of benzene rings is 2. The first-order valence-corrected chi connectivity index (χ1v) is 6.60. The smallest absolute Gasteiger partial charge is 0.0702 e. The second-order valence-corrected chi connectivity index (χ2v) is 4.83. The van der Waals surface area contributed by atoms with E-state index in [2.05, 4.69) is 34.2 Å². The summed E-state index contributed by atoms with van der Waals surface area (Å²) in [5, 5.41) is 2.30. The van der Waals surface area contributed by atoms with Crippen LogP contribution in [0.5, 0.6) is 0 Å². The summed E-state index contributed by atoms with van der Waals surface area (Å²) in [5.74, 6) is 0. The van der Waals surface area contributed by atoms with Crippen LogP contribution in [0.25, 0.3) is 32.9 Å². The number of rotatable bonds is 1. The Morgan fingerprint density at radius 1 is 0.550 bits per heavy atom. The van der Waals surface area contributed by atoms with Gasteiger partial charge in [-0.1, -0.05) is 36.4 Å². The van der Waals surface area contributed by atoms with Crippen molar-refractivity contribution in [3.63, 3.8) is 0 Å². The quantitative estimate of drug-likeness (QED) is 0.503. The third kappa shape index (κ3) is 1.82. The molecule has 0 N–H and O–H groups in total. The molecule has 0 amide bonds. The van der Waals surface area contributed by atoms with Crippen molar-refractivity contribution in [2.75, 3.05) is 0 Å². The van der Waals surface area contributed by atoms with Crippen LogP contribution in [0.4, 0.5) is 0 Å². The third-order valence-electron chi connectivity index (χ3n) is 3.51. The molecular formula is C18H12N2. The zero-order chi connectivity index (χ0) is 13.4. The van der Waals surface area contributed by atoms with E-state index in [9.17, 15) is 0 Å². The molecule has 0 aliphatic rings. The fourth-order valence-corrected chi connectivity index (χ4v) is 2.46. The molecule has 0 aliphatic carbocycles. The lowest BCUT2D eigenvalue weighted by atomic mass is 10.1. The highest BCUT2D eigenvalue weighted by molar-refractivity contribution is 5.87. The summed E-state index contributed by atoms with van der Waals surface area (Å²) in [5.41, 5.74) is 4.24. The average molecular weight is 256 g/mol. The summed E-state index contributed by atoms with van der Waals surface area (Å²) in [6, 6.07) is 20.6. The van der Waals surface area contributed by atoms with Crippen molar-refractivity contribution in [1.29, 1.82) is 0 Å². The van der Waals surface area contributed by atoms with Gasteiger partial charge in [0.2, 0.25) is 0 Å². The van der Waals surface area contributed by atoms with Gasteiger partial charge in [0.25, 0.3) is 0 Å². The van der Waals surface area contributed by atoms with Crippen LogP contribution in [-0.2, 0) is 0 Å². The van der Waals surface area contributed by atoms with Crippen molar-refractivity contribution in [3.05, 3.63) is 73.1 Å². The van der Waals surface area contributed by atoms with Crippen LogP contribution in [0.15, 0.2) is 73.1 Å². The number of aromatic nitrogens is 2. The first-order valence-electron chi connectivity index (χ1n) is 6.60. The van der Waals surface area contributed by atoms with E-state index in [4.69, 9.17) is 0 Å². The van der Waals surface area contributed by atoms with Gasteiger partial charge in [0.1, 0.15) is 0 Å². The Balaban J connectivity index is 1.91. The number of para-hydroxylation sites is 2. The monoisotopic (exact) mass is 256 g/mol. The number of pyridine rings is 2. The van der Waals surface area contributed by atoms with E-state index in [1.807, 2.05) is 48.8 Å². The van der Waals surface area contributed by atoms with Gasteiger partial charge in [0.15, 0.2) is 0 Å². The number of nitrogens with zero attached hydrogens (tertiary/aromatic N) is 2. The molecule has 0 spiro atoms. The molecule has 4 aromatic rings. The topological polar surface area (TPSA) is 25.8 Å². The molecule has 0 saturated carbocycles. The van der Waals surface area contributed by atoms with Crippen molar-refractivity contribution in [1.82, 2.24) is 9.97 Å². The predicted octanol–water partition coefficient (Wildman–Crippen LogP) is 4.45. The molecule has 2 aromatic heterocycles. The van der Waals surface area contributed by atoms with Crippen LogP contribution >= 0.6 is 0 Å². The molecule has 0 unspecified atom stereocenters. The van der Waals surface area contributed by atoms with E-state index in [0.29, 0.717) is 0 Å². The lowest BCUT2D eigenvalue weighted by Crippen LogP contribution is -1.85. The second-order valence-electron chi connectivity index (χ2n) is 4.83. The maximum Gasteiger partial charge on any atom is 0.0702 e. The van der Waals surface area contributed by atoms with Gasteiger partial charge in [0, 0.05) is 34.3 Å². The Kier molecular flexibility index (Phi) is 2.46. The summed E-state index contributed by atoms with van der Waals surface area (Å²) in [6.45, 7) is 0. The average Bonchev–Trinajstić information content (AvgIpc) is 2.54. The molecule has 0 fully saturated rings. The van der Waals surface area contributed by atoms with Crippen LogP contribution in [-0.4, -0.2) is 9.97 Å². The van der Waals surface area contributed by atoms with Gasteiger partial charge in [-0.25, -0.2) is 0 Å². The van der Waals surface area contributed by atoms with Gasteiger partial charge in [0.05, 0.1) is 11.0 Å². The summed E-state index contributed by atoms with van der Waals surface area (Å²) in [6.07, 6.45) is 3.82. The van der Waals surface area contributed by atoms with Crippen molar-refractivity contribution >= 4 is 21.8 Å². The summed E-state index contributed by atoms with van der Waals surface area (Å²) in [4.78, 5) is 9.02. The minimum absolute atomic E-state index is 1.02. The fourth-order valence-electron chi connectivity index (χ4n) is 2.46. The molecule has 2 heteroatoms. The molecule has 0 atom stereocenters. The zero-order valence-corrected chi connectivity index (χ0v) is 10.8. The molecule has 0 radical (unpaired) electrons. The molecule has 2 heterocycles. The maximum atomic E-state index is 4.51. The van der Waals surface area contributed by atoms with E-state index in [1.54, 1.807) is 0 Å². The van der Waals surface area contributed by atoms with Crippen molar-refractivity contribution in [2.45, 2.75) is 0 Å². The van der Waals surface area contributed by atoms with Crippen LogP contribution in [0.1, 0.15) is 0 Å². The van der Waals surface area contributed by atoms with Gasteiger partial charge >= 0.3 is 0 Å². The molecule has 4 rings (SSSR count). The van der Waals surface area contributed by atoms with E-state index >= 15 is 0 Å². The zero-order valence-electron chi connectivity index (χ0n) is 10.8. The Labute approximate surface area is 116 Å². The van der Waals surface area contributed by atoms with Crippen molar-refractivity contribution in [2.24, 2.45) is 0 Å². The molecule has 94 valence electrons. The van der Waals surface area contributed by atoms with E-state index in [0.717, 1.165) is 32.9 Å². The van der Waals surface area contributed by atoms with Crippen molar-refractivity contribution < 1.29 is 0 Å². The Hall–Kier alpha value is -2.74. The van der Waals surface area contributed by atoms with Gasteiger partial charge in [-0.15, -0.1) is 0 Å². The SMILES string of the molecule is c1ccc2ncc(-c3cnc4ccccc4c3)cc2c1. The van der Waals surface area contributed by atoms with Crippen LogP contribution in [0.3, 0.4) is 0 Å². The Morgan fingerprint density at radius 2 is 1.00 bits per heavy atom. The lowest BCUT2D eigenvalue weighted by Gasteiger charge is -2.04. The van der Waals surface area contributed by atoms with E-state index < -0.39 is 0 Å². The number of fused-ring (bicyclic) bond motifs is 2. The van der Waals surface area contributed by atoms with Crippen LogP contribution in [0, 0.1) is 0 Å². The first-order chi connectivity index (χ1) is 9.90. The molecule has 20 heavy (non-hydrogen) atoms. The third-order valence-corrected chi connectivity index (χ3v) is 3.51. The minimum Gasteiger partial charge on any atom is -0.256 e. The summed E-state index contributed by atoms with van der Waals surface area (Å²) in [7, 11) is 0. The lowest BCUT2D eigenvalue weighted by molar-refractivity contribution is 1.38. The highest BCUT2D eigenvalue weighted by Crippen LogP contribution is 2.24. The Morgan fingerprint density at radius 3 is 1.50 bits per heavy atom. The van der Waals surface area contributed by atoms with Gasteiger partial charge in [-0.2, -0.15) is 0 Å². The molecular weight excluding hydrogens is 244 g/mol. The fraction of sp³-hybridized carbons (Fsp3) is 0. The molecule has 0 aliphatic heterocycles. The van der Waals surface area contributed by atoms with Crippen LogP contribution < -0.4 is 0 Å². The highest BCUT2D eigenvalue weighted by atomic mass is 14.7. The molecule has 2 nitrogen and oxygen atoms in total. The largest absolute Gasteiger partial charge is 0.256 e. The molecule has 0 bridgehead atoms. The van der Waals surface area contributed by atoms with E-state index in [1.165, 1.54) is 0 Å². The van der Waals surface area contributed by atoms with Gasteiger partial charge < -0.3 is 0 Å². The number of hydrogen-bond donors (Lipinski definition) is 0. The molecule has 0 saturated heterocycles. The minimum atomic E-state index is 1.02.